The summed E-state index contributed by atoms with van der Waals surface area (Å²) in [6.45, 7) is 4.82. The van der Waals surface area contributed by atoms with Gasteiger partial charge in [0.25, 0.3) is 0 Å². The molecule has 5 nitrogen and oxygen atoms in total. The predicted molar refractivity (Wildman–Crippen MR) is 114 cm³/mol. The van der Waals surface area contributed by atoms with Crippen molar-refractivity contribution in [3.63, 3.8) is 0 Å². The van der Waals surface area contributed by atoms with Gasteiger partial charge in [0.1, 0.15) is 5.58 Å². The van der Waals surface area contributed by atoms with Crippen LogP contribution in [-0.2, 0) is 0 Å². The summed E-state index contributed by atoms with van der Waals surface area (Å²) in [6, 6.07) is 14.4. The zero-order chi connectivity index (χ0) is 19.8. The Morgan fingerprint density at radius 1 is 1.07 bits per heavy atom. The smallest absolute Gasteiger partial charge is 0.196 e. The van der Waals surface area contributed by atoms with Crippen molar-refractivity contribution in [3.05, 3.63) is 59.3 Å². The Bertz CT molecular complexity index is 1110. The Hall–Kier alpha value is -2.76. The van der Waals surface area contributed by atoms with Crippen molar-refractivity contribution in [2.75, 3.05) is 20.6 Å². The van der Waals surface area contributed by atoms with E-state index in [-0.39, 0.29) is 6.04 Å². The molecule has 0 aliphatic carbocycles. The van der Waals surface area contributed by atoms with Crippen LogP contribution in [-0.4, -0.2) is 35.5 Å². The van der Waals surface area contributed by atoms with Gasteiger partial charge < -0.3 is 15.1 Å². The van der Waals surface area contributed by atoms with Crippen LogP contribution in [0.2, 0.25) is 0 Å². The minimum Gasteiger partial charge on any atom is -0.453 e. The van der Waals surface area contributed by atoms with Gasteiger partial charge in [-0.15, -0.1) is 0 Å². The summed E-state index contributed by atoms with van der Waals surface area (Å²) in [7, 11) is 4.13. The Morgan fingerprint density at radius 2 is 1.86 bits per heavy atom. The lowest BCUT2D eigenvalue weighted by atomic mass is 9.99. The number of rotatable bonds is 5. The summed E-state index contributed by atoms with van der Waals surface area (Å²) in [5, 5.41) is 2.13. The zero-order valence-electron chi connectivity index (χ0n) is 16.9. The Kier molecular flexibility index (Phi) is 4.87. The molecule has 2 aromatic heterocycles. The number of fused-ring (bicyclic) bond motifs is 2. The van der Waals surface area contributed by atoms with E-state index in [9.17, 15) is 0 Å². The van der Waals surface area contributed by atoms with Gasteiger partial charge in [-0.2, -0.15) is 0 Å². The van der Waals surface area contributed by atoms with Gasteiger partial charge in [0, 0.05) is 10.8 Å². The number of benzene rings is 2. The van der Waals surface area contributed by atoms with Crippen molar-refractivity contribution in [2.24, 2.45) is 5.73 Å². The predicted octanol–water partition coefficient (Wildman–Crippen LogP) is 4.61. The van der Waals surface area contributed by atoms with Crippen molar-refractivity contribution in [1.82, 2.24) is 14.9 Å². The van der Waals surface area contributed by atoms with E-state index < -0.39 is 0 Å². The second-order valence-corrected chi connectivity index (χ2v) is 7.54. The van der Waals surface area contributed by atoms with E-state index in [1.807, 2.05) is 30.3 Å². The molecule has 0 aliphatic rings. The first-order valence-electron chi connectivity index (χ1n) is 9.63. The maximum absolute atomic E-state index is 6.07. The van der Waals surface area contributed by atoms with E-state index in [4.69, 9.17) is 20.1 Å². The molecule has 0 fully saturated rings. The minimum atomic E-state index is 0.112. The molecule has 2 heterocycles. The molecule has 0 saturated carbocycles. The van der Waals surface area contributed by atoms with Crippen LogP contribution < -0.4 is 5.73 Å². The average molecular weight is 374 g/mol. The molecule has 1 unspecified atom stereocenters. The summed E-state index contributed by atoms with van der Waals surface area (Å²) >= 11 is 0. The molecule has 0 amide bonds. The monoisotopic (exact) mass is 374 g/mol. The molecular weight excluding hydrogens is 348 g/mol. The van der Waals surface area contributed by atoms with Gasteiger partial charge in [0.05, 0.1) is 17.3 Å². The van der Waals surface area contributed by atoms with Gasteiger partial charge in [-0.25, -0.2) is 9.97 Å². The van der Waals surface area contributed by atoms with Gasteiger partial charge in [-0.05, 0) is 64.2 Å². The maximum Gasteiger partial charge on any atom is 0.196 e. The summed E-state index contributed by atoms with van der Waals surface area (Å²) in [6.07, 6.45) is 0.825. The molecule has 0 bridgehead atoms. The lowest BCUT2D eigenvalue weighted by Gasteiger charge is -2.25. The molecule has 1 atom stereocenters. The van der Waals surface area contributed by atoms with Gasteiger partial charge in [-0.3, -0.25) is 0 Å². The van der Waals surface area contributed by atoms with Crippen molar-refractivity contribution in [3.8, 4) is 11.6 Å². The molecule has 2 aromatic carbocycles. The number of hydrogen-bond donors (Lipinski definition) is 1. The highest BCUT2D eigenvalue weighted by atomic mass is 16.3. The van der Waals surface area contributed by atoms with E-state index in [2.05, 4.69) is 45.0 Å². The standard InChI is InChI=1S/C23H26N4O/c1-14-9-10-17-21(15(14)2)25-23(26-22(17)18(11-12-24)27(3)4)20-13-16-7-5-6-8-19(16)28-20/h5-10,13,18H,11-12,24H2,1-4H3. The van der Waals surface area contributed by atoms with E-state index in [1.165, 1.54) is 11.1 Å². The Labute approximate surface area is 165 Å². The fourth-order valence-corrected chi connectivity index (χ4v) is 3.71. The molecular formula is C23H26N4O. The van der Waals surface area contributed by atoms with Crippen molar-refractivity contribution in [1.29, 1.82) is 0 Å². The highest BCUT2D eigenvalue weighted by Crippen LogP contribution is 2.33. The van der Waals surface area contributed by atoms with Crippen LogP contribution in [0.25, 0.3) is 33.5 Å². The van der Waals surface area contributed by atoms with E-state index in [0.717, 1.165) is 34.0 Å². The maximum atomic E-state index is 6.07. The molecule has 5 heteroatoms. The molecule has 144 valence electrons. The quantitative estimate of drug-likeness (QED) is 0.552. The van der Waals surface area contributed by atoms with Crippen LogP contribution in [0.4, 0.5) is 0 Å². The number of nitrogens with two attached hydrogens (primary N) is 1. The molecule has 0 radical (unpaired) electrons. The van der Waals surface area contributed by atoms with Crippen molar-refractivity contribution >= 4 is 21.9 Å². The van der Waals surface area contributed by atoms with Crippen LogP contribution in [0.1, 0.15) is 29.3 Å². The fraction of sp³-hybridized carbons (Fsp3) is 0.304. The summed E-state index contributed by atoms with van der Waals surface area (Å²) in [4.78, 5) is 12.1. The second-order valence-electron chi connectivity index (χ2n) is 7.54. The summed E-state index contributed by atoms with van der Waals surface area (Å²) < 4.78 is 6.07. The third kappa shape index (κ3) is 3.17. The van der Waals surface area contributed by atoms with Crippen LogP contribution in [0.3, 0.4) is 0 Å². The average Bonchev–Trinajstić information content (AvgIpc) is 3.12. The molecule has 0 spiro atoms. The number of aryl methyl sites for hydroxylation is 2. The number of furan rings is 1. The first-order valence-corrected chi connectivity index (χ1v) is 9.63. The van der Waals surface area contributed by atoms with Gasteiger partial charge in [-0.1, -0.05) is 30.3 Å². The van der Waals surface area contributed by atoms with Crippen molar-refractivity contribution < 1.29 is 4.42 Å². The number of para-hydroxylation sites is 1. The summed E-state index contributed by atoms with van der Waals surface area (Å²) in [5.74, 6) is 1.31. The van der Waals surface area contributed by atoms with Crippen LogP contribution in [0.15, 0.2) is 46.9 Å². The van der Waals surface area contributed by atoms with Gasteiger partial charge >= 0.3 is 0 Å². The number of nitrogens with zero attached hydrogens (tertiary/aromatic N) is 3. The van der Waals surface area contributed by atoms with E-state index >= 15 is 0 Å². The van der Waals surface area contributed by atoms with Crippen LogP contribution in [0, 0.1) is 13.8 Å². The third-order valence-corrected chi connectivity index (χ3v) is 5.45. The Balaban J connectivity index is 2.00. The third-order valence-electron chi connectivity index (χ3n) is 5.45. The molecule has 4 rings (SSSR count). The first kappa shape index (κ1) is 18.6. The number of hydrogen-bond acceptors (Lipinski definition) is 5. The zero-order valence-corrected chi connectivity index (χ0v) is 16.9. The molecule has 28 heavy (non-hydrogen) atoms. The largest absolute Gasteiger partial charge is 0.453 e. The van der Waals surface area contributed by atoms with Crippen LogP contribution >= 0.6 is 0 Å². The molecule has 0 saturated heterocycles. The molecule has 2 N–H and O–H groups in total. The Morgan fingerprint density at radius 3 is 2.57 bits per heavy atom. The van der Waals surface area contributed by atoms with E-state index in [1.54, 1.807) is 0 Å². The summed E-state index contributed by atoms with van der Waals surface area (Å²) in [5.41, 5.74) is 11.1. The van der Waals surface area contributed by atoms with E-state index in [0.29, 0.717) is 18.1 Å². The molecule has 0 aliphatic heterocycles. The highest BCUT2D eigenvalue weighted by molar-refractivity contribution is 5.88. The lowest BCUT2D eigenvalue weighted by Crippen LogP contribution is -2.24. The van der Waals surface area contributed by atoms with Crippen molar-refractivity contribution in [2.45, 2.75) is 26.3 Å². The first-order chi connectivity index (χ1) is 13.5. The second kappa shape index (κ2) is 7.34. The SMILES string of the molecule is Cc1ccc2c(C(CCN)N(C)C)nc(-c3cc4ccccc4o3)nc2c1C. The number of aromatic nitrogens is 2. The lowest BCUT2D eigenvalue weighted by molar-refractivity contribution is 0.283. The normalized spacial score (nSPS) is 12.9. The molecule has 4 aromatic rings. The fourth-order valence-electron chi connectivity index (χ4n) is 3.71. The minimum absolute atomic E-state index is 0.112. The van der Waals surface area contributed by atoms with Crippen LogP contribution in [0.5, 0.6) is 0 Å². The highest BCUT2D eigenvalue weighted by Gasteiger charge is 2.22. The topological polar surface area (TPSA) is 68.2 Å². The van der Waals surface area contributed by atoms with Gasteiger partial charge in [0.2, 0.25) is 0 Å². The van der Waals surface area contributed by atoms with Gasteiger partial charge in [0.15, 0.2) is 11.6 Å².